The molecule has 0 aromatic heterocycles. The summed E-state index contributed by atoms with van der Waals surface area (Å²) in [5, 5.41) is 3.37. The average Bonchev–Trinajstić information content (AvgIpc) is 2.75. The van der Waals surface area contributed by atoms with Gasteiger partial charge in [-0.2, -0.15) is 0 Å². The van der Waals surface area contributed by atoms with Crippen LogP contribution >= 0.6 is 0 Å². The molecule has 1 heterocycles. The normalized spacial score (nSPS) is 30.0. The first kappa shape index (κ1) is 9.47. The van der Waals surface area contributed by atoms with Crippen molar-refractivity contribution in [1.82, 2.24) is 5.32 Å². The molecule has 0 amide bonds. The molecule has 0 aromatic carbocycles. The van der Waals surface area contributed by atoms with Gasteiger partial charge in [0, 0.05) is 13.2 Å². The third-order valence-electron chi connectivity index (χ3n) is 3.34. The highest BCUT2D eigenvalue weighted by molar-refractivity contribution is 4.71. The molecule has 2 heteroatoms. The second-order valence-corrected chi connectivity index (χ2v) is 4.55. The van der Waals surface area contributed by atoms with Gasteiger partial charge in [-0.25, -0.2) is 0 Å². The minimum Gasteiger partial charge on any atom is -0.381 e. The van der Waals surface area contributed by atoms with Crippen LogP contribution in [0.15, 0.2) is 0 Å². The average molecular weight is 183 g/mol. The van der Waals surface area contributed by atoms with Crippen molar-refractivity contribution in [2.45, 2.75) is 32.1 Å². The fraction of sp³-hybridized carbons (Fsp3) is 1.00. The van der Waals surface area contributed by atoms with E-state index < -0.39 is 0 Å². The minimum atomic E-state index is 0.793. The highest BCUT2D eigenvalue weighted by Crippen LogP contribution is 2.24. The first-order chi connectivity index (χ1) is 6.45. The van der Waals surface area contributed by atoms with Crippen LogP contribution in [-0.4, -0.2) is 26.3 Å². The summed E-state index contributed by atoms with van der Waals surface area (Å²) in [6, 6.07) is 0. The lowest BCUT2D eigenvalue weighted by Gasteiger charge is -2.12. The van der Waals surface area contributed by atoms with Gasteiger partial charge in [0.05, 0.1) is 6.61 Å². The molecular formula is C11H21NO. The molecule has 1 atom stereocenters. The van der Waals surface area contributed by atoms with Crippen molar-refractivity contribution in [2.75, 3.05) is 26.3 Å². The van der Waals surface area contributed by atoms with Crippen molar-refractivity contribution in [3.63, 3.8) is 0 Å². The molecule has 2 fully saturated rings. The topological polar surface area (TPSA) is 21.3 Å². The lowest BCUT2D eigenvalue weighted by molar-refractivity contribution is 0.0773. The molecule has 13 heavy (non-hydrogen) atoms. The Bertz CT molecular complexity index is 121. The van der Waals surface area contributed by atoms with Crippen LogP contribution in [0.1, 0.15) is 32.1 Å². The fourth-order valence-electron chi connectivity index (χ4n) is 2.44. The molecule has 0 spiro atoms. The maximum atomic E-state index is 5.76. The molecule has 0 radical (unpaired) electrons. The van der Waals surface area contributed by atoms with E-state index in [0.717, 1.165) is 25.0 Å². The Hall–Kier alpha value is -0.0800. The molecule has 1 N–H and O–H groups in total. The summed E-state index contributed by atoms with van der Waals surface area (Å²) < 4.78 is 5.76. The second kappa shape index (κ2) is 4.97. The summed E-state index contributed by atoms with van der Waals surface area (Å²) in [5.41, 5.74) is 0. The Morgan fingerprint density at radius 1 is 1.00 bits per heavy atom. The molecule has 76 valence electrons. The van der Waals surface area contributed by atoms with Gasteiger partial charge >= 0.3 is 0 Å². The Labute approximate surface area is 81.0 Å². The van der Waals surface area contributed by atoms with Gasteiger partial charge < -0.3 is 10.1 Å². The van der Waals surface area contributed by atoms with E-state index in [1.807, 2.05) is 0 Å². The van der Waals surface area contributed by atoms with Crippen molar-refractivity contribution in [1.29, 1.82) is 0 Å². The zero-order chi connectivity index (χ0) is 8.93. The summed E-state index contributed by atoms with van der Waals surface area (Å²) >= 11 is 0. The lowest BCUT2D eigenvalue weighted by atomic mass is 10.1. The summed E-state index contributed by atoms with van der Waals surface area (Å²) in [5.74, 6) is 1.68. The van der Waals surface area contributed by atoms with E-state index in [0.29, 0.717) is 0 Å². The van der Waals surface area contributed by atoms with Crippen molar-refractivity contribution in [3.05, 3.63) is 0 Å². The molecule has 1 saturated heterocycles. The predicted octanol–water partition coefficient (Wildman–Crippen LogP) is 1.80. The molecule has 1 aliphatic carbocycles. The highest BCUT2D eigenvalue weighted by Gasteiger charge is 2.17. The summed E-state index contributed by atoms with van der Waals surface area (Å²) in [7, 11) is 0. The van der Waals surface area contributed by atoms with Gasteiger partial charge in [0.25, 0.3) is 0 Å². The Morgan fingerprint density at radius 3 is 2.46 bits per heavy atom. The van der Waals surface area contributed by atoms with Crippen LogP contribution in [0.25, 0.3) is 0 Å². The molecule has 1 saturated carbocycles. The van der Waals surface area contributed by atoms with E-state index in [4.69, 9.17) is 4.74 Å². The van der Waals surface area contributed by atoms with Gasteiger partial charge in [-0.3, -0.25) is 0 Å². The van der Waals surface area contributed by atoms with Crippen molar-refractivity contribution in [3.8, 4) is 0 Å². The van der Waals surface area contributed by atoms with Gasteiger partial charge in [-0.05, 0) is 37.6 Å². The standard InChI is InChI=1S/C11H21NO/c1-2-4-10(3-1)8-13-9-11-5-6-12-7-11/h10-12H,1-9H2. The largest absolute Gasteiger partial charge is 0.381 e. The van der Waals surface area contributed by atoms with Crippen LogP contribution in [0, 0.1) is 11.8 Å². The number of rotatable bonds is 4. The van der Waals surface area contributed by atoms with Crippen molar-refractivity contribution in [2.24, 2.45) is 11.8 Å². The smallest absolute Gasteiger partial charge is 0.0507 e. The van der Waals surface area contributed by atoms with Crippen LogP contribution in [0.4, 0.5) is 0 Å². The monoisotopic (exact) mass is 183 g/mol. The molecule has 0 aromatic rings. The number of ether oxygens (including phenoxy) is 1. The minimum absolute atomic E-state index is 0.793. The lowest BCUT2D eigenvalue weighted by Crippen LogP contribution is -2.16. The molecule has 2 aliphatic rings. The summed E-state index contributed by atoms with van der Waals surface area (Å²) in [4.78, 5) is 0. The van der Waals surface area contributed by atoms with E-state index in [1.165, 1.54) is 45.2 Å². The van der Waals surface area contributed by atoms with Gasteiger partial charge in [-0.15, -0.1) is 0 Å². The molecular weight excluding hydrogens is 162 g/mol. The first-order valence-corrected chi connectivity index (χ1v) is 5.73. The predicted molar refractivity (Wildman–Crippen MR) is 53.8 cm³/mol. The maximum absolute atomic E-state index is 5.76. The SMILES string of the molecule is C1CCC(COCC2CCNC2)C1. The molecule has 1 unspecified atom stereocenters. The van der Waals surface area contributed by atoms with Gasteiger partial charge in [0.15, 0.2) is 0 Å². The zero-order valence-electron chi connectivity index (χ0n) is 8.43. The highest BCUT2D eigenvalue weighted by atomic mass is 16.5. The third-order valence-corrected chi connectivity index (χ3v) is 3.34. The first-order valence-electron chi connectivity index (χ1n) is 5.73. The molecule has 2 nitrogen and oxygen atoms in total. The van der Waals surface area contributed by atoms with Gasteiger partial charge in [0.2, 0.25) is 0 Å². The van der Waals surface area contributed by atoms with Crippen LogP contribution < -0.4 is 5.32 Å². The van der Waals surface area contributed by atoms with E-state index >= 15 is 0 Å². The van der Waals surface area contributed by atoms with Gasteiger partial charge in [-0.1, -0.05) is 12.8 Å². The third kappa shape index (κ3) is 2.96. The van der Waals surface area contributed by atoms with Crippen LogP contribution in [0.5, 0.6) is 0 Å². The quantitative estimate of drug-likeness (QED) is 0.717. The number of hydrogen-bond donors (Lipinski definition) is 1. The Morgan fingerprint density at radius 2 is 1.77 bits per heavy atom. The molecule has 0 bridgehead atoms. The van der Waals surface area contributed by atoms with E-state index in [1.54, 1.807) is 0 Å². The van der Waals surface area contributed by atoms with Crippen LogP contribution in [0.3, 0.4) is 0 Å². The maximum Gasteiger partial charge on any atom is 0.0507 e. The molecule has 2 rings (SSSR count). The van der Waals surface area contributed by atoms with Crippen LogP contribution in [-0.2, 0) is 4.74 Å². The van der Waals surface area contributed by atoms with Crippen molar-refractivity contribution >= 4 is 0 Å². The summed E-state index contributed by atoms with van der Waals surface area (Å²) in [6.45, 7) is 4.38. The summed E-state index contributed by atoms with van der Waals surface area (Å²) in [6.07, 6.45) is 6.98. The van der Waals surface area contributed by atoms with E-state index in [9.17, 15) is 0 Å². The van der Waals surface area contributed by atoms with Gasteiger partial charge in [0.1, 0.15) is 0 Å². The zero-order valence-corrected chi connectivity index (χ0v) is 8.43. The van der Waals surface area contributed by atoms with Crippen molar-refractivity contribution < 1.29 is 4.74 Å². The second-order valence-electron chi connectivity index (χ2n) is 4.55. The number of nitrogens with one attached hydrogen (secondary N) is 1. The molecule has 1 aliphatic heterocycles. The van der Waals surface area contributed by atoms with E-state index in [-0.39, 0.29) is 0 Å². The van der Waals surface area contributed by atoms with Crippen LogP contribution in [0.2, 0.25) is 0 Å². The van der Waals surface area contributed by atoms with E-state index in [2.05, 4.69) is 5.32 Å². The number of hydrogen-bond acceptors (Lipinski definition) is 2. The Balaban J connectivity index is 1.52. The Kier molecular flexibility index (Phi) is 3.62. The fourth-order valence-corrected chi connectivity index (χ4v) is 2.44.